The highest BCUT2D eigenvalue weighted by molar-refractivity contribution is 7.92. The topological polar surface area (TPSA) is 110 Å². The van der Waals surface area contributed by atoms with Crippen LogP contribution in [0.4, 0.5) is 5.69 Å². The minimum absolute atomic E-state index is 0.00300. The summed E-state index contributed by atoms with van der Waals surface area (Å²) in [5.41, 5.74) is 7.74. The van der Waals surface area contributed by atoms with E-state index in [4.69, 9.17) is 5.73 Å². The Morgan fingerprint density at radius 3 is 2.24 bits per heavy atom. The number of nitrogens with two attached hydrogens (primary N) is 1. The Hall–Kier alpha value is -3.65. The third-order valence-corrected chi connectivity index (χ3v) is 7.20. The molecule has 0 saturated carbocycles. The van der Waals surface area contributed by atoms with Gasteiger partial charge in [-0.05, 0) is 42.7 Å². The number of hydrogen-bond acceptors (Lipinski definition) is 4. The molecule has 3 aromatic carbocycles. The van der Waals surface area contributed by atoms with Crippen molar-refractivity contribution in [1.82, 2.24) is 4.90 Å². The molecule has 1 aliphatic heterocycles. The van der Waals surface area contributed by atoms with Crippen molar-refractivity contribution in [3.05, 3.63) is 84.4 Å². The van der Waals surface area contributed by atoms with E-state index in [1.165, 1.54) is 12.1 Å². The second-order valence-electron chi connectivity index (χ2n) is 8.01. The maximum atomic E-state index is 13.2. The third-order valence-electron chi connectivity index (χ3n) is 5.83. The molecule has 1 aliphatic rings. The van der Waals surface area contributed by atoms with Gasteiger partial charge in [-0.15, -0.1) is 0 Å². The molecule has 170 valence electrons. The van der Waals surface area contributed by atoms with E-state index in [1.807, 2.05) is 42.5 Å². The maximum absolute atomic E-state index is 13.2. The molecule has 3 N–H and O–H groups in total. The Labute approximate surface area is 193 Å². The second-order valence-corrected chi connectivity index (χ2v) is 9.70. The fraction of sp³-hybridized carbons (Fsp3) is 0.200. The van der Waals surface area contributed by atoms with Crippen LogP contribution >= 0.6 is 0 Å². The first-order chi connectivity index (χ1) is 15.8. The average molecular weight is 464 g/mol. The fourth-order valence-corrected chi connectivity index (χ4v) is 5.12. The monoisotopic (exact) mass is 463 g/mol. The van der Waals surface area contributed by atoms with Crippen LogP contribution in [0, 0.1) is 5.92 Å². The minimum atomic E-state index is -3.93. The zero-order valence-electron chi connectivity index (χ0n) is 18.0. The number of nitrogens with zero attached hydrogens (tertiary/aromatic N) is 1. The molecule has 4 rings (SSSR count). The average Bonchev–Trinajstić information content (AvgIpc) is 2.84. The van der Waals surface area contributed by atoms with Gasteiger partial charge in [0.05, 0.1) is 10.6 Å². The number of carbonyl (C=O) groups is 2. The van der Waals surface area contributed by atoms with Crippen molar-refractivity contribution < 1.29 is 18.0 Å². The van der Waals surface area contributed by atoms with Crippen molar-refractivity contribution in [3.8, 4) is 11.1 Å². The Kier molecular flexibility index (Phi) is 6.46. The van der Waals surface area contributed by atoms with Gasteiger partial charge in [-0.2, -0.15) is 0 Å². The van der Waals surface area contributed by atoms with E-state index < -0.39 is 10.0 Å². The highest BCUT2D eigenvalue weighted by Crippen LogP contribution is 2.29. The summed E-state index contributed by atoms with van der Waals surface area (Å²) in [5, 5.41) is 0. The van der Waals surface area contributed by atoms with Crippen molar-refractivity contribution in [1.29, 1.82) is 0 Å². The Bertz CT molecular complexity index is 1270. The molecule has 1 heterocycles. The summed E-state index contributed by atoms with van der Waals surface area (Å²) in [4.78, 5) is 25.9. The largest absolute Gasteiger partial charge is 0.369 e. The summed E-state index contributed by atoms with van der Waals surface area (Å²) >= 11 is 0. The normalized spacial score (nSPS) is 14.6. The molecule has 0 aromatic heterocycles. The van der Waals surface area contributed by atoms with Gasteiger partial charge in [0.15, 0.2) is 0 Å². The van der Waals surface area contributed by atoms with Crippen LogP contribution in [0.5, 0.6) is 0 Å². The lowest BCUT2D eigenvalue weighted by atomic mass is 9.96. The molecule has 0 atom stereocenters. The van der Waals surface area contributed by atoms with Gasteiger partial charge in [0.2, 0.25) is 5.91 Å². The van der Waals surface area contributed by atoms with E-state index in [1.54, 1.807) is 29.2 Å². The SMILES string of the molecule is NC(=O)C1CCN(C(=O)c2cccc(S(=O)(=O)Nc3ccccc3-c3ccccc3)c2)CC1. The lowest BCUT2D eigenvalue weighted by Crippen LogP contribution is -2.41. The van der Waals surface area contributed by atoms with Crippen LogP contribution in [0.15, 0.2) is 83.8 Å². The van der Waals surface area contributed by atoms with E-state index in [0.29, 0.717) is 31.6 Å². The summed E-state index contributed by atoms with van der Waals surface area (Å²) in [6, 6.07) is 22.7. The molecule has 7 nitrogen and oxygen atoms in total. The summed E-state index contributed by atoms with van der Waals surface area (Å²) in [6.07, 6.45) is 1.02. The van der Waals surface area contributed by atoms with Gasteiger partial charge in [-0.25, -0.2) is 8.42 Å². The van der Waals surface area contributed by atoms with Crippen LogP contribution in [-0.4, -0.2) is 38.2 Å². The number of nitrogens with one attached hydrogen (secondary N) is 1. The Morgan fingerprint density at radius 1 is 0.879 bits per heavy atom. The van der Waals surface area contributed by atoms with E-state index in [0.717, 1.165) is 11.1 Å². The number of benzene rings is 3. The van der Waals surface area contributed by atoms with Gasteiger partial charge in [0.25, 0.3) is 15.9 Å². The first kappa shape index (κ1) is 22.5. The molecular weight excluding hydrogens is 438 g/mol. The number of anilines is 1. The van der Waals surface area contributed by atoms with Crippen LogP contribution in [0.3, 0.4) is 0 Å². The molecule has 0 spiro atoms. The summed E-state index contributed by atoms with van der Waals surface area (Å²) < 4.78 is 29.0. The molecule has 0 aliphatic carbocycles. The van der Waals surface area contributed by atoms with Crippen LogP contribution in [0.2, 0.25) is 0 Å². The molecule has 1 fully saturated rings. The molecule has 8 heteroatoms. The zero-order chi connectivity index (χ0) is 23.4. The third kappa shape index (κ3) is 5.06. The number of piperidine rings is 1. The van der Waals surface area contributed by atoms with Crippen LogP contribution in [0.1, 0.15) is 23.2 Å². The minimum Gasteiger partial charge on any atom is -0.369 e. The predicted octanol–water partition coefficient (Wildman–Crippen LogP) is 3.49. The lowest BCUT2D eigenvalue weighted by Gasteiger charge is -2.30. The fourth-order valence-electron chi connectivity index (χ4n) is 3.99. The number of para-hydroxylation sites is 1. The number of carbonyl (C=O) groups excluding carboxylic acids is 2. The van der Waals surface area contributed by atoms with E-state index in [2.05, 4.69) is 4.72 Å². The van der Waals surface area contributed by atoms with Gasteiger partial charge in [-0.3, -0.25) is 14.3 Å². The number of sulfonamides is 1. The molecule has 0 radical (unpaired) electrons. The van der Waals surface area contributed by atoms with Gasteiger partial charge >= 0.3 is 0 Å². The van der Waals surface area contributed by atoms with Crippen molar-refractivity contribution >= 4 is 27.5 Å². The highest BCUT2D eigenvalue weighted by Gasteiger charge is 2.27. The van der Waals surface area contributed by atoms with Crippen molar-refractivity contribution in [2.24, 2.45) is 11.7 Å². The second kappa shape index (κ2) is 9.46. The quantitative estimate of drug-likeness (QED) is 0.583. The van der Waals surface area contributed by atoms with E-state index >= 15 is 0 Å². The first-order valence-electron chi connectivity index (χ1n) is 10.7. The summed E-state index contributed by atoms with van der Waals surface area (Å²) in [5.74, 6) is -0.841. The zero-order valence-corrected chi connectivity index (χ0v) is 18.8. The molecule has 0 bridgehead atoms. The molecule has 3 aromatic rings. The van der Waals surface area contributed by atoms with Gasteiger partial charge < -0.3 is 10.6 Å². The van der Waals surface area contributed by atoms with Crippen LogP contribution < -0.4 is 10.5 Å². The molecule has 2 amide bonds. The van der Waals surface area contributed by atoms with Crippen molar-refractivity contribution in [2.45, 2.75) is 17.7 Å². The van der Waals surface area contributed by atoms with Crippen LogP contribution in [-0.2, 0) is 14.8 Å². The number of likely N-dealkylation sites (tertiary alicyclic amines) is 1. The van der Waals surface area contributed by atoms with Crippen molar-refractivity contribution in [3.63, 3.8) is 0 Å². The Balaban J connectivity index is 1.55. The predicted molar refractivity (Wildman–Crippen MR) is 127 cm³/mol. The number of rotatable bonds is 6. The van der Waals surface area contributed by atoms with Crippen molar-refractivity contribution in [2.75, 3.05) is 17.8 Å². The Morgan fingerprint density at radius 2 is 1.55 bits per heavy atom. The first-order valence-corrected chi connectivity index (χ1v) is 12.2. The van der Waals surface area contributed by atoms with E-state index in [9.17, 15) is 18.0 Å². The lowest BCUT2D eigenvalue weighted by molar-refractivity contribution is -0.123. The highest BCUT2D eigenvalue weighted by atomic mass is 32.2. The summed E-state index contributed by atoms with van der Waals surface area (Å²) in [7, 11) is -3.93. The summed E-state index contributed by atoms with van der Waals surface area (Å²) in [6.45, 7) is 0.818. The smallest absolute Gasteiger partial charge is 0.261 e. The van der Waals surface area contributed by atoms with Gasteiger partial charge in [0.1, 0.15) is 0 Å². The van der Waals surface area contributed by atoms with Gasteiger partial charge in [0, 0.05) is 30.1 Å². The number of hydrogen-bond donors (Lipinski definition) is 2. The molecular formula is C25H25N3O4S. The number of primary amides is 1. The molecule has 1 saturated heterocycles. The van der Waals surface area contributed by atoms with E-state index in [-0.39, 0.29) is 28.2 Å². The standard InChI is InChI=1S/C25H25N3O4S/c26-24(29)19-13-15-28(16-14-19)25(30)20-9-6-10-21(17-20)33(31,32)27-23-12-5-4-11-22(23)18-7-2-1-3-8-18/h1-12,17,19,27H,13-16H2,(H2,26,29). The maximum Gasteiger partial charge on any atom is 0.261 e. The molecule has 33 heavy (non-hydrogen) atoms. The number of amides is 2. The van der Waals surface area contributed by atoms with Gasteiger partial charge in [-0.1, -0.05) is 54.6 Å². The molecule has 0 unspecified atom stereocenters. The van der Waals surface area contributed by atoms with Crippen LogP contribution in [0.25, 0.3) is 11.1 Å².